The van der Waals surface area contributed by atoms with E-state index in [-0.39, 0.29) is 15.7 Å². The number of hydrogen-bond donors (Lipinski definition) is 3. The van der Waals surface area contributed by atoms with Crippen molar-refractivity contribution in [3.63, 3.8) is 0 Å². The molecule has 2 atom stereocenters. The van der Waals surface area contributed by atoms with Crippen LogP contribution in [-0.4, -0.2) is 55.1 Å². The van der Waals surface area contributed by atoms with Crippen LogP contribution in [0, 0.1) is 6.92 Å². The number of aromatic hydroxyl groups is 1. The van der Waals surface area contributed by atoms with Crippen LogP contribution in [-0.2, 0) is 26.3 Å². The molecule has 1 aromatic rings. The van der Waals surface area contributed by atoms with E-state index in [0.717, 1.165) is 15.6 Å². The number of hydrogen-bond acceptors (Lipinski definition) is 9. The van der Waals surface area contributed by atoms with Gasteiger partial charge in [-0.05, 0) is 18.2 Å². The van der Waals surface area contributed by atoms with Crippen LogP contribution in [0.5, 0.6) is 5.75 Å². The molecule has 0 spiro atoms. The molecule has 12 heteroatoms. The summed E-state index contributed by atoms with van der Waals surface area (Å²) < 4.78 is 48.5. The summed E-state index contributed by atoms with van der Waals surface area (Å²) in [6.07, 6.45) is -0.714. The Labute approximate surface area is 141 Å². The highest BCUT2D eigenvalue weighted by molar-refractivity contribution is 7.91. The van der Waals surface area contributed by atoms with E-state index in [0.29, 0.717) is 11.5 Å². The summed E-state index contributed by atoms with van der Waals surface area (Å²) in [6, 6.07) is 0. The number of thiophene rings is 1. The van der Waals surface area contributed by atoms with Crippen molar-refractivity contribution in [2.24, 2.45) is 4.40 Å². The second kappa shape index (κ2) is 6.93. The highest BCUT2D eigenvalue weighted by Crippen LogP contribution is 2.42. The van der Waals surface area contributed by atoms with Gasteiger partial charge in [0.1, 0.15) is 0 Å². The SMILES string of the molecule is CCOC1N[S@+]([O-])N=C1Nc1c(C)sc(S(=O)(=O)N(C)C)c1O. The molecular formula is C11H18N4O5S3. The second-order valence-electron chi connectivity index (χ2n) is 4.76. The van der Waals surface area contributed by atoms with Gasteiger partial charge >= 0.3 is 0 Å². The third kappa shape index (κ3) is 3.63. The van der Waals surface area contributed by atoms with Gasteiger partial charge in [-0.15, -0.1) is 11.3 Å². The molecule has 0 aliphatic carbocycles. The van der Waals surface area contributed by atoms with E-state index in [1.165, 1.54) is 14.1 Å². The number of nitrogens with one attached hydrogen (secondary N) is 2. The molecule has 1 unspecified atom stereocenters. The van der Waals surface area contributed by atoms with E-state index in [9.17, 15) is 18.1 Å². The quantitative estimate of drug-likeness (QED) is 0.628. The number of anilines is 1. The van der Waals surface area contributed by atoms with Gasteiger partial charge in [0.2, 0.25) is 12.1 Å². The molecule has 0 radical (unpaired) electrons. The van der Waals surface area contributed by atoms with Crippen molar-refractivity contribution >= 4 is 44.4 Å². The minimum atomic E-state index is -3.76. The maximum atomic E-state index is 12.2. The lowest BCUT2D eigenvalue weighted by Gasteiger charge is -2.12. The van der Waals surface area contributed by atoms with Gasteiger partial charge in [-0.3, -0.25) is 0 Å². The Morgan fingerprint density at radius 1 is 1.57 bits per heavy atom. The summed E-state index contributed by atoms with van der Waals surface area (Å²) in [5.74, 6) is -0.174. The van der Waals surface area contributed by atoms with Gasteiger partial charge in [0.15, 0.2) is 21.5 Å². The van der Waals surface area contributed by atoms with E-state index in [2.05, 4.69) is 14.4 Å². The number of nitrogens with zero attached hydrogens (tertiary/aromatic N) is 2. The fourth-order valence-corrected chi connectivity index (χ4v) is 5.19. The van der Waals surface area contributed by atoms with Gasteiger partial charge in [-0.2, -0.15) is 0 Å². The van der Waals surface area contributed by atoms with Crippen LogP contribution >= 0.6 is 11.3 Å². The lowest BCUT2D eigenvalue weighted by atomic mass is 10.3. The van der Waals surface area contributed by atoms with Crippen LogP contribution in [0.15, 0.2) is 8.61 Å². The first kappa shape index (κ1) is 18.4. The molecule has 1 aromatic heterocycles. The molecule has 0 aromatic carbocycles. The molecule has 130 valence electrons. The predicted octanol–water partition coefficient (Wildman–Crippen LogP) is 0.367. The van der Waals surface area contributed by atoms with E-state index in [4.69, 9.17) is 4.74 Å². The molecule has 0 amide bonds. The molecule has 2 heterocycles. The molecule has 0 saturated heterocycles. The van der Waals surface area contributed by atoms with Crippen LogP contribution < -0.4 is 10.0 Å². The summed E-state index contributed by atoms with van der Waals surface area (Å²) >= 11 is -0.702. The number of sulfonamides is 1. The van der Waals surface area contributed by atoms with Gasteiger partial charge in [0.25, 0.3) is 10.0 Å². The average molecular weight is 382 g/mol. The molecule has 0 saturated carbocycles. The summed E-state index contributed by atoms with van der Waals surface area (Å²) in [7, 11) is -0.992. The normalized spacial score (nSPS) is 21.7. The first-order valence-electron chi connectivity index (χ1n) is 6.58. The molecule has 2 rings (SSSR count). The van der Waals surface area contributed by atoms with Gasteiger partial charge in [0.05, 0.1) is 5.69 Å². The standard InChI is InChI=1S/C11H18N4O5S3/c1-5-20-10-9(13-22(17)14-10)12-7-6(2)21-11(8(7)16)23(18,19)15(3)4/h10,14,16H,5H2,1-4H3,(H,12,13)/t10?,22-/m1/s1. The molecular weight excluding hydrogens is 364 g/mol. The second-order valence-corrected chi connectivity index (χ2v) is 9.25. The fraction of sp³-hybridized carbons (Fsp3) is 0.545. The summed E-state index contributed by atoms with van der Waals surface area (Å²) in [6.45, 7) is 3.80. The maximum absolute atomic E-state index is 12.2. The van der Waals surface area contributed by atoms with E-state index in [1.807, 2.05) is 0 Å². The van der Waals surface area contributed by atoms with Crippen LogP contribution in [0.25, 0.3) is 0 Å². The van der Waals surface area contributed by atoms with E-state index < -0.39 is 33.5 Å². The van der Waals surface area contributed by atoms with Crippen LogP contribution in [0.4, 0.5) is 5.69 Å². The van der Waals surface area contributed by atoms with Crippen molar-refractivity contribution in [1.82, 2.24) is 9.03 Å². The Bertz CT molecular complexity index is 715. The van der Waals surface area contributed by atoms with Crippen LogP contribution in [0.1, 0.15) is 11.8 Å². The van der Waals surface area contributed by atoms with Gasteiger partial charge in [-0.25, -0.2) is 12.7 Å². The summed E-state index contributed by atoms with van der Waals surface area (Å²) in [5, 5.41) is 13.1. The maximum Gasteiger partial charge on any atom is 0.255 e. The van der Waals surface area contributed by atoms with Gasteiger partial charge in [-0.1, -0.05) is 4.72 Å². The lowest BCUT2D eigenvalue weighted by molar-refractivity contribution is 0.105. The molecule has 9 nitrogen and oxygen atoms in total. The van der Waals surface area contributed by atoms with E-state index in [1.54, 1.807) is 13.8 Å². The first-order valence-corrected chi connectivity index (χ1v) is 9.95. The van der Waals surface area contributed by atoms with Crippen molar-refractivity contribution in [2.75, 3.05) is 26.0 Å². The van der Waals surface area contributed by atoms with Crippen LogP contribution in [0.2, 0.25) is 0 Å². The smallest absolute Gasteiger partial charge is 0.255 e. The van der Waals surface area contributed by atoms with Crippen molar-refractivity contribution in [3.05, 3.63) is 4.88 Å². The fourth-order valence-electron chi connectivity index (χ4n) is 1.80. The molecule has 1 aliphatic rings. The van der Waals surface area contributed by atoms with Crippen molar-refractivity contribution in [3.8, 4) is 5.75 Å². The highest BCUT2D eigenvalue weighted by atomic mass is 32.2. The Morgan fingerprint density at radius 3 is 2.78 bits per heavy atom. The minimum Gasteiger partial charge on any atom is -0.572 e. The lowest BCUT2D eigenvalue weighted by Crippen LogP contribution is -2.38. The third-order valence-electron chi connectivity index (χ3n) is 2.97. The van der Waals surface area contributed by atoms with Crippen molar-refractivity contribution in [1.29, 1.82) is 0 Å². The van der Waals surface area contributed by atoms with Gasteiger partial charge < -0.3 is 19.7 Å². The number of ether oxygens (including phenoxy) is 1. The number of aryl methyl sites for hydroxylation is 1. The largest absolute Gasteiger partial charge is 0.572 e. The monoisotopic (exact) mass is 382 g/mol. The zero-order valence-electron chi connectivity index (χ0n) is 13.0. The summed E-state index contributed by atoms with van der Waals surface area (Å²) in [4.78, 5) is 0.554. The Morgan fingerprint density at radius 2 is 2.22 bits per heavy atom. The third-order valence-corrected chi connectivity index (χ3v) is 7.14. The van der Waals surface area contributed by atoms with Crippen molar-refractivity contribution in [2.45, 2.75) is 24.3 Å². The average Bonchev–Trinajstić information content (AvgIpc) is 2.94. The number of rotatable bonds is 5. The molecule has 3 N–H and O–H groups in total. The molecule has 1 aliphatic heterocycles. The Kier molecular flexibility index (Phi) is 5.56. The van der Waals surface area contributed by atoms with Gasteiger partial charge in [0, 0.05) is 25.6 Å². The number of amidine groups is 1. The highest BCUT2D eigenvalue weighted by Gasteiger charge is 2.35. The zero-order valence-corrected chi connectivity index (χ0v) is 15.4. The zero-order chi connectivity index (χ0) is 17.4. The topological polar surface area (TPSA) is 126 Å². The molecule has 0 fully saturated rings. The van der Waals surface area contributed by atoms with Crippen LogP contribution in [0.3, 0.4) is 0 Å². The molecule has 23 heavy (non-hydrogen) atoms. The molecule has 0 bridgehead atoms. The first-order chi connectivity index (χ1) is 10.7. The Hall–Kier alpha value is -0.890. The Balaban J connectivity index is 2.35. The van der Waals surface area contributed by atoms with Crippen molar-refractivity contribution < 1.29 is 22.8 Å². The predicted molar refractivity (Wildman–Crippen MR) is 89.3 cm³/mol. The van der Waals surface area contributed by atoms with E-state index >= 15 is 0 Å². The minimum absolute atomic E-state index is 0.164. The summed E-state index contributed by atoms with van der Waals surface area (Å²) in [5.41, 5.74) is 0.208.